The fourth-order valence-electron chi connectivity index (χ4n) is 3.30. The lowest BCUT2D eigenvalue weighted by Crippen LogP contribution is -2.39. The minimum atomic E-state index is -0.202. The largest absolute Gasteiger partial charge is 0.508 e. The predicted molar refractivity (Wildman–Crippen MR) is 90.6 cm³/mol. The van der Waals surface area contributed by atoms with Gasteiger partial charge in [0.25, 0.3) is 0 Å². The molecule has 0 radical (unpaired) electrons. The Morgan fingerprint density at radius 1 is 1.12 bits per heavy atom. The summed E-state index contributed by atoms with van der Waals surface area (Å²) < 4.78 is 10.8. The SMILES string of the molecule is COc1cc2c(cc1OC)[C@@H](c1ccc(O)cc1)N(C(C)=O)CC2. The molecule has 2 aromatic rings. The second kappa shape index (κ2) is 6.43. The Balaban J connectivity index is 2.16. The Bertz CT molecular complexity index is 755. The van der Waals surface area contributed by atoms with E-state index in [4.69, 9.17) is 9.47 Å². The van der Waals surface area contributed by atoms with Crippen molar-refractivity contribution in [1.82, 2.24) is 4.90 Å². The fourth-order valence-corrected chi connectivity index (χ4v) is 3.30. The van der Waals surface area contributed by atoms with Gasteiger partial charge in [-0.1, -0.05) is 12.1 Å². The molecule has 0 spiro atoms. The van der Waals surface area contributed by atoms with Crippen molar-refractivity contribution < 1.29 is 19.4 Å². The highest BCUT2D eigenvalue weighted by Gasteiger charge is 2.31. The van der Waals surface area contributed by atoms with Crippen LogP contribution >= 0.6 is 0 Å². The Kier molecular flexibility index (Phi) is 4.34. The van der Waals surface area contributed by atoms with Gasteiger partial charge >= 0.3 is 0 Å². The van der Waals surface area contributed by atoms with Crippen molar-refractivity contribution in [2.45, 2.75) is 19.4 Å². The number of fused-ring (bicyclic) bond motifs is 1. The van der Waals surface area contributed by atoms with Crippen molar-refractivity contribution in [2.24, 2.45) is 0 Å². The third-order valence-corrected chi connectivity index (χ3v) is 4.49. The number of carbonyl (C=O) groups excluding carboxylic acids is 1. The molecule has 0 unspecified atom stereocenters. The molecule has 3 rings (SSSR count). The Hall–Kier alpha value is -2.69. The number of rotatable bonds is 3. The molecule has 1 aliphatic rings. The van der Waals surface area contributed by atoms with Crippen LogP contribution in [0.15, 0.2) is 36.4 Å². The number of phenols is 1. The van der Waals surface area contributed by atoms with Crippen LogP contribution in [-0.4, -0.2) is 36.7 Å². The first-order valence-corrected chi connectivity index (χ1v) is 7.86. The van der Waals surface area contributed by atoms with E-state index in [1.165, 1.54) is 0 Å². The van der Waals surface area contributed by atoms with Crippen molar-refractivity contribution in [3.8, 4) is 17.2 Å². The summed E-state index contributed by atoms with van der Waals surface area (Å²) in [5, 5.41) is 9.56. The van der Waals surface area contributed by atoms with Gasteiger partial charge in [-0.2, -0.15) is 0 Å². The van der Waals surface area contributed by atoms with Crippen molar-refractivity contribution >= 4 is 5.91 Å². The number of phenolic OH excluding ortho intramolecular Hbond substituents is 1. The van der Waals surface area contributed by atoms with Crippen LogP contribution in [0.2, 0.25) is 0 Å². The molecule has 5 nitrogen and oxygen atoms in total. The van der Waals surface area contributed by atoms with Gasteiger partial charge in [0.15, 0.2) is 11.5 Å². The standard InChI is InChI=1S/C19H21NO4/c1-12(21)20-9-8-14-10-17(23-2)18(24-3)11-16(14)19(20)13-4-6-15(22)7-5-13/h4-7,10-11,19,22H,8-9H2,1-3H3/t19-/m1/s1. The van der Waals surface area contributed by atoms with Gasteiger partial charge in [-0.3, -0.25) is 4.79 Å². The summed E-state index contributed by atoms with van der Waals surface area (Å²) in [6.45, 7) is 2.22. The molecule has 0 aromatic heterocycles. The highest BCUT2D eigenvalue weighted by Crippen LogP contribution is 2.41. The topological polar surface area (TPSA) is 59.0 Å². The van der Waals surface area contributed by atoms with Crippen LogP contribution in [0.5, 0.6) is 17.2 Å². The molecule has 0 aliphatic carbocycles. The van der Waals surface area contributed by atoms with Gasteiger partial charge in [-0.05, 0) is 47.4 Å². The van der Waals surface area contributed by atoms with Crippen LogP contribution < -0.4 is 9.47 Å². The number of benzene rings is 2. The number of amides is 1. The van der Waals surface area contributed by atoms with E-state index in [0.29, 0.717) is 18.0 Å². The summed E-state index contributed by atoms with van der Waals surface area (Å²) in [7, 11) is 3.22. The quantitative estimate of drug-likeness (QED) is 0.942. The third-order valence-electron chi connectivity index (χ3n) is 4.49. The summed E-state index contributed by atoms with van der Waals surface area (Å²) in [6, 6.07) is 10.7. The molecular formula is C19H21NO4. The predicted octanol–water partition coefficient (Wildman–Crippen LogP) is 2.90. The van der Waals surface area contributed by atoms with E-state index in [-0.39, 0.29) is 17.7 Å². The van der Waals surface area contributed by atoms with Gasteiger partial charge in [0.05, 0.1) is 20.3 Å². The van der Waals surface area contributed by atoms with Gasteiger partial charge < -0.3 is 19.5 Å². The van der Waals surface area contributed by atoms with Gasteiger partial charge in [-0.25, -0.2) is 0 Å². The molecule has 126 valence electrons. The highest BCUT2D eigenvalue weighted by molar-refractivity contribution is 5.75. The zero-order chi connectivity index (χ0) is 17.3. The number of aromatic hydroxyl groups is 1. The highest BCUT2D eigenvalue weighted by atomic mass is 16.5. The number of carbonyl (C=O) groups is 1. The maximum Gasteiger partial charge on any atom is 0.220 e. The minimum Gasteiger partial charge on any atom is -0.508 e. The summed E-state index contributed by atoms with van der Waals surface area (Å²) in [5.41, 5.74) is 3.12. The molecule has 0 fully saturated rings. The number of ether oxygens (including phenoxy) is 2. The molecule has 24 heavy (non-hydrogen) atoms. The van der Waals surface area contributed by atoms with E-state index in [0.717, 1.165) is 23.1 Å². The fraction of sp³-hybridized carbons (Fsp3) is 0.316. The van der Waals surface area contributed by atoms with E-state index in [2.05, 4.69) is 0 Å². The van der Waals surface area contributed by atoms with Crippen LogP contribution in [0, 0.1) is 0 Å². The lowest BCUT2D eigenvalue weighted by atomic mass is 9.87. The molecule has 1 heterocycles. The van der Waals surface area contributed by atoms with E-state index in [9.17, 15) is 9.90 Å². The first kappa shape index (κ1) is 16.2. The molecule has 0 saturated heterocycles. The second-order valence-corrected chi connectivity index (χ2v) is 5.86. The van der Waals surface area contributed by atoms with Gasteiger partial charge in [0.2, 0.25) is 5.91 Å². The van der Waals surface area contributed by atoms with E-state index in [1.54, 1.807) is 33.3 Å². The monoisotopic (exact) mass is 327 g/mol. The van der Waals surface area contributed by atoms with Gasteiger partial charge in [-0.15, -0.1) is 0 Å². The van der Waals surface area contributed by atoms with Crippen LogP contribution in [0.3, 0.4) is 0 Å². The third kappa shape index (κ3) is 2.77. The van der Waals surface area contributed by atoms with Crippen LogP contribution in [0.25, 0.3) is 0 Å². The molecular weight excluding hydrogens is 306 g/mol. The van der Waals surface area contributed by atoms with Gasteiger partial charge in [0, 0.05) is 13.5 Å². The second-order valence-electron chi connectivity index (χ2n) is 5.86. The lowest BCUT2D eigenvalue weighted by Gasteiger charge is -2.37. The molecule has 1 N–H and O–H groups in total. The Morgan fingerprint density at radius 3 is 2.33 bits per heavy atom. The van der Waals surface area contributed by atoms with Crippen molar-refractivity contribution in [1.29, 1.82) is 0 Å². The normalized spacial score (nSPS) is 16.5. The number of methoxy groups -OCH3 is 2. The summed E-state index contributed by atoms with van der Waals surface area (Å²) in [5.74, 6) is 1.56. The van der Waals surface area contributed by atoms with Gasteiger partial charge in [0.1, 0.15) is 5.75 Å². The summed E-state index contributed by atoms with van der Waals surface area (Å²) in [6.07, 6.45) is 0.768. The van der Waals surface area contributed by atoms with Crippen molar-refractivity contribution in [2.75, 3.05) is 20.8 Å². The van der Waals surface area contributed by atoms with E-state index in [1.807, 2.05) is 29.2 Å². The molecule has 0 saturated carbocycles. The summed E-state index contributed by atoms with van der Waals surface area (Å²) in [4.78, 5) is 14.0. The van der Waals surface area contributed by atoms with Crippen LogP contribution in [0.1, 0.15) is 29.7 Å². The van der Waals surface area contributed by atoms with Crippen LogP contribution in [0.4, 0.5) is 0 Å². The lowest BCUT2D eigenvalue weighted by molar-refractivity contribution is -0.130. The molecule has 1 amide bonds. The van der Waals surface area contributed by atoms with Crippen molar-refractivity contribution in [3.05, 3.63) is 53.1 Å². The Morgan fingerprint density at radius 2 is 1.75 bits per heavy atom. The number of hydrogen-bond acceptors (Lipinski definition) is 4. The molecule has 2 aromatic carbocycles. The summed E-state index contributed by atoms with van der Waals surface area (Å²) >= 11 is 0. The van der Waals surface area contributed by atoms with Crippen molar-refractivity contribution in [3.63, 3.8) is 0 Å². The molecule has 5 heteroatoms. The smallest absolute Gasteiger partial charge is 0.220 e. The maximum absolute atomic E-state index is 12.2. The van der Waals surface area contributed by atoms with E-state index >= 15 is 0 Å². The molecule has 0 bridgehead atoms. The molecule has 1 atom stereocenters. The first-order valence-electron chi connectivity index (χ1n) is 7.86. The zero-order valence-corrected chi connectivity index (χ0v) is 14.1. The zero-order valence-electron chi connectivity index (χ0n) is 14.1. The first-order chi connectivity index (χ1) is 11.5. The van der Waals surface area contributed by atoms with Crippen LogP contribution in [-0.2, 0) is 11.2 Å². The average molecular weight is 327 g/mol. The maximum atomic E-state index is 12.2. The number of nitrogens with zero attached hydrogens (tertiary/aromatic N) is 1. The van der Waals surface area contributed by atoms with E-state index < -0.39 is 0 Å². The number of hydrogen-bond donors (Lipinski definition) is 1. The Labute approximate surface area is 141 Å². The minimum absolute atomic E-state index is 0.0218. The molecule has 1 aliphatic heterocycles. The average Bonchev–Trinajstić information content (AvgIpc) is 2.60.